The molecule has 0 aromatic rings. The number of nitrogens with two attached hydrogens (primary N) is 1. The van der Waals surface area contributed by atoms with Crippen molar-refractivity contribution in [2.75, 3.05) is 13.1 Å². The summed E-state index contributed by atoms with van der Waals surface area (Å²) in [5.74, 6) is 1.13. The molecule has 2 N–H and O–H groups in total. The van der Waals surface area contributed by atoms with Crippen LogP contribution in [0.2, 0.25) is 0 Å². The summed E-state index contributed by atoms with van der Waals surface area (Å²) in [6, 6.07) is 0. The lowest BCUT2D eigenvalue weighted by Gasteiger charge is -2.23. The van der Waals surface area contributed by atoms with Crippen molar-refractivity contribution >= 4 is 5.91 Å². The molecule has 0 aromatic heterocycles. The minimum absolute atomic E-state index is 0.230. The van der Waals surface area contributed by atoms with Gasteiger partial charge in [-0.1, -0.05) is 19.8 Å². The molecular formula is C15H30N2O. The monoisotopic (exact) mass is 254 g/mol. The Bertz CT molecular complexity index is 258. The van der Waals surface area contributed by atoms with Gasteiger partial charge >= 0.3 is 0 Å². The molecule has 1 heterocycles. The van der Waals surface area contributed by atoms with Crippen molar-refractivity contribution in [3.8, 4) is 0 Å². The first-order valence-electron chi connectivity index (χ1n) is 7.49. The van der Waals surface area contributed by atoms with Gasteiger partial charge in [-0.05, 0) is 45.4 Å². The van der Waals surface area contributed by atoms with Crippen molar-refractivity contribution in [2.45, 2.75) is 71.3 Å². The summed E-state index contributed by atoms with van der Waals surface area (Å²) in [5, 5.41) is 0. The second kappa shape index (κ2) is 7.13. The van der Waals surface area contributed by atoms with E-state index in [0.29, 0.717) is 12.3 Å². The van der Waals surface area contributed by atoms with E-state index < -0.39 is 0 Å². The van der Waals surface area contributed by atoms with Crippen molar-refractivity contribution in [1.29, 1.82) is 0 Å². The Balaban J connectivity index is 2.35. The molecule has 0 radical (unpaired) electrons. The van der Waals surface area contributed by atoms with Crippen LogP contribution >= 0.6 is 0 Å². The first-order valence-corrected chi connectivity index (χ1v) is 7.49. The third-order valence-corrected chi connectivity index (χ3v) is 3.88. The average Bonchev–Trinajstić information content (AvgIpc) is 2.51. The molecule has 1 atom stereocenters. The average molecular weight is 254 g/mol. The number of carbonyl (C=O) groups excluding carboxylic acids is 1. The molecule has 0 bridgehead atoms. The van der Waals surface area contributed by atoms with Crippen LogP contribution in [0, 0.1) is 5.92 Å². The van der Waals surface area contributed by atoms with E-state index in [9.17, 15) is 4.79 Å². The summed E-state index contributed by atoms with van der Waals surface area (Å²) in [5.41, 5.74) is 5.71. The second-order valence-electron chi connectivity index (χ2n) is 6.45. The van der Waals surface area contributed by atoms with Gasteiger partial charge < -0.3 is 10.6 Å². The first-order chi connectivity index (χ1) is 8.42. The third kappa shape index (κ3) is 5.85. The molecule has 1 saturated heterocycles. The Morgan fingerprint density at radius 3 is 2.67 bits per heavy atom. The van der Waals surface area contributed by atoms with Gasteiger partial charge in [-0.2, -0.15) is 0 Å². The molecule has 1 aliphatic rings. The molecule has 18 heavy (non-hydrogen) atoms. The molecule has 0 aromatic carbocycles. The normalized spacial score (nSPS) is 21.8. The van der Waals surface area contributed by atoms with E-state index in [1.807, 2.05) is 13.8 Å². The summed E-state index contributed by atoms with van der Waals surface area (Å²) in [6.45, 7) is 8.12. The topological polar surface area (TPSA) is 46.3 Å². The smallest absolute Gasteiger partial charge is 0.222 e. The minimum Gasteiger partial charge on any atom is -0.343 e. The Morgan fingerprint density at radius 2 is 2.06 bits per heavy atom. The van der Waals surface area contributed by atoms with Crippen molar-refractivity contribution in [2.24, 2.45) is 11.7 Å². The highest BCUT2D eigenvalue weighted by atomic mass is 16.2. The molecule has 106 valence electrons. The molecule has 1 unspecified atom stereocenters. The van der Waals surface area contributed by atoms with Gasteiger partial charge in [-0.3, -0.25) is 4.79 Å². The summed E-state index contributed by atoms with van der Waals surface area (Å²) >= 11 is 0. The van der Waals surface area contributed by atoms with E-state index >= 15 is 0 Å². The predicted octanol–water partition coefficient (Wildman–Crippen LogP) is 2.93. The van der Waals surface area contributed by atoms with Crippen molar-refractivity contribution < 1.29 is 4.79 Å². The summed E-state index contributed by atoms with van der Waals surface area (Å²) in [4.78, 5) is 14.2. The van der Waals surface area contributed by atoms with E-state index in [4.69, 9.17) is 5.73 Å². The molecule has 1 aliphatic heterocycles. The van der Waals surface area contributed by atoms with E-state index in [-0.39, 0.29) is 5.54 Å². The number of nitrogens with zero attached hydrogens (tertiary/aromatic N) is 1. The van der Waals surface area contributed by atoms with E-state index in [1.54, 1.807) is 0 Å². The number of likely N-dealkylation sites (tertiary alicyclic amines) is 1. The van der Waals surface area contributed by atoms with E-state index in [0.717, 1.165) is 25.4 Å². The number of hydrogen-bond donors (Lipinski definition) is 1. The fourth-order valence-electron chi connectivity index (χ4n) is 2.70. The summed E-state index contributed by atoms with van der Waals surface area (Å²) in [7, 11) is 0. The van der Waals surface area contributed by atoms with Gasteiger partial charge in [-0.15, -0.1) is 0 Å². The lowest BCUT2D eigenvalue weighted by atomic mass is 9.96. The zero-order valence-corrected chi connectivity index (χ0v) is 12.4. The van der Waals surface area contributed by atoms with E-state index in [2.05, 4.69) is 11.8 Å². The predicted molar refractivity (Wildman–Crippen MR) is 76.3 cm³/mol. The number of rotatable bonds is 5. The zero-order chi connectivity index (χ0) is 13.6. The van der Waals surface area contributed by atoms with Gasteiger partial charge in [0.05, 0.1) is 0 Å². The van der Waals surface area contributed by atoms with Crippen LogP contribution in [0.4, 0.5) is 0 Å². The molecule has 3 nitrogen and oxygen atoms in total. The molecule has 1 rings (SSSR count). The molecule has 0 saturated carbocycles. The number of carbonyl (C=O) groups is 1. The van der Waals surface area contributed by atoms with Gasteiger partial charge in [0.2, 0.25) is 5.91 Å². The molecule has 1 fully saturated rings. The standard InChI is InChI=1S/C15H30N2O/c1-4-6-13-7-5-11-17(12-9-13)14(18)8-10-15(2,3)16/h13H,4-12,16H2,1-3H3. The second-order valence-corrected chi connectivity index (χ2v) is 6.45. The third-order valence-electron chi connectivity index (χ3n) is 3.88. The van der Waals surface area contributed by atoms with Crippen LogP contribution in [0.25, 0.3) is 0 Å². The SMILES string of the molecule is CCCC1CCCN(C(=O)CCC(C)(C)N)CC1. The van der Waals surface area contributed by atoms with Gasteiger partial charge in [0.1, 0.15) is 0 Å². The molecule has 1 amide bonds. The maximum atomic E-state index is 12.1. The maximum absolute atomic E-state index is 12.1. The van der Waals surface area contributed by atoms with Crippen molar-refractivity contribution in [3.63, 3.8) is 0 Å². The Morgan fingerprint density at radius 1 is 1.33 bits per heavy atom. The van der Waals surface area contributed by atoms with Crippen LogP contribution in [-0.4, -0.2) is 29.4 Å². The Hall–Kier alpha value is -0.570. The quantitative estimate of drug-likeness (QED) is 0.820. The summed E-state index contributed by atoms with van der Waals surface area (Å²) < 4.78 is 0. The molecule has 0 aliphatic carbocycles. The number of hydrogen-bond acceptors (Lipinski definition) is 2. The maximum Gasteiger partial charge on any atom is 0.222 e. The van der Waals surface area contributed by atoms with Gasteiger partial charge in [0.25, 0.3) is 0 Å². The molecule has 3 heteroatoms. The van der Waals surface area contributed by atoms with Crippen LogP contribution in [0.1, 0.15) is 65.7 Å². The molecule has 0 spiro atoms. The van der Waals surface area contributed by atoms with Crippen LogP contribution in [-0.2, 0) is 4.79 Å². The lowest BCUT2D eigenvalue weighted by molar-refractivity contribution is -0.131. The lowest BCUT2D eigenvalue weighted by Crippen LogP contribution is -2.36. The van der Waals surface area contributed by atoms with Crippen LogP contribution in [0.3, 0.4) is 0 Å². The Kier molecular flexibility index (Phi) is 6.13. The van der Waals surface area contributed by atoms with Crippen molar-refractivity contribution in [3.05, 3.63) is 0 Å². The van der Waals surface area contributed by atoms with Gasteiger partial charge in [0.15, 0.2) is 0 Å². The fourth-order valence-corrected chi connectivity index (χ4v) is 2.70. The zero-order valence-electron chi connectivity index (χ0n) is 12.4. The van der Waals surface area contributed by atoms with Crippen LogP contribution in [0.15, 0.2) is 0 Å². The van der Waals surface area contributed by atoms with Gasteiger partial charge in [-0.25, -0.2) is 0 Å². The molecular weight excluding hydrogens is 224 g/mol. The van der Waals surface area contributed by atoms with Crippen LogP contribution < -0.4 is 5.73 Å². The highest BCUT2D eigenvalue weighted by Crippen LogP contribution is 2.22. The van der Waals surface area contributed by atoms with Crippen LogP contribution in [0.5, 0.6) is 0 Å². The fraction of sp³-hybridized carbons (Fsp3) is 0.933. The largest absolute Gasteiger partial charge is 0.343 e. The first kappa shape index (κ1) is 15.5. The highest BCUT2D eigenvalue weighted by molar-refractivity contribution is 5.76. The van der Waals surface area contributed by atoms with Gasteiger partial charge in [0, 0.05) is 25.0 Å². The minimum atomic E-state index is -0.230. The number of amides is 1. The van der Waals surface area contributed by atoms with Crippen molar-refractivity contribution in [1.82, 2.24) is 4.90 Å². The van der Waals surface area contributed by atoms with E-state index in [1.165, 1.54) is 32.1 Å². The summed E-state index contributed by atoms with van der Waals surface area (Å²) in [6.07, 6.45) is 7.61. The Labute approximate surface area is 112 Å². The highest BCUT2D eigenvalue weighted by Gasteiger charge is 2.21.